The second-order valence-corrected chi connectivity index (χ2v) is 5.03. The van der Waals surface area contributed by atoms with Gasteiger partial charge >= 0.3 is 5.97 Å². The minimum absolute atomic E-state index is 0.0908. The van der Waals surface area contributed by atoms with Crippen LogP contribution in [0.3, 0.4) is 0 Å². The minimum atomic E-state index is -1.06. The zero-order valence-electron chi connectivity index (χ0n) is 11.5. The summed E-state index contributed by atoms with van der Waals surface area (Å²) in [5, 5.41) is 18.6. The summed E-state index contributed by atoms with van der Waals surface area (Å²) in [5.41, 5.74) is 1.20. The number of esters is 1. The third-order valence-corrected chi connectivity index (χ3v) is 3.62. The van der Waals surface area contributed by atoms with Crippen LogP contribution in [0, 0.1) is 11.1 Å². The Bertz CT molecular complexity index is 724. The van der Waals surface area contributed by atoms with Gasteiger partial charge in [0.2, 0.25) is 0 Å². The Morgan fingerprint density at radius 1 is 1.18 bits per heavy atom. The molecule has 3 rings (SSSR count). The monoisotopic (exact) mass is 299 g/mol. The van der Waals surface area contributed by atoms with Crippen LogP contribution in [0.5, 0.6) is 5.75 Å². The van der Waals surface area contributed by atoms with Crippen LogP contribution in [0.25, 0.3) is 0 Å². The predicted molar refractivity (Wildman–Crippen MR) is 75.8 cm³/mol. The highest BCUT2D eigenvalue weighted by molar-refractivity contribution is 6.09. The molecule has 6 nitrogen and oxygen atoms in total. The van der Waals surface area contributed by atoms with Crippen LogP contribution in [-0.2, 0) is 11.2 Å². The van der Waals surface area contributed by atoms with Gasteiger partial charge in [-0.25, -0.2) is 5.21 Å². The number of hydrogen-bond acceptors (Lipinski definition) is 5. The Hall–Kier alpha value is -2.54. The van der Waals surface area contributed by atoms with Gasteiger partial charge in [-0.05, 0) is 30.2 Å². The summed E-state index contributed by atoms with van der Waals surface area (Å²) in [5.74, 6) is -1.36. The number of ether oxygens (including phenoxy) is 1. The summed E-state index contributed by atoms with van der Waals surface area (Å²) >= 11 is 0. The van der Waals surface area contributed by atoms with Crippen molar-refractivity contribution in [2.24, 2.45) is 5.92 Å². The Kier molecular flexibility index (Phi) is 3.72. The molecule has 2 atom stereocenters. The van der Waals surface area contributed by atoms with E-state index in [2.05, 4.69) is 0 Å². The van der Waals surface area contributed by atoms with Crippen molar-refractivity contribution >= 4 is 17.4 Å². The molecule has 0 amide bonds. The fourth-order valence-corrected chi connectivity index (χ4v) is 2.43. The fourth-order valence-electron chi connectivity index (χ4n) is 2.43. The number of fused-ring (bicyclic) bond motifs is 1. The summed E-state index contributed by atoms with van der Waals surface area (Å²) in [6, 6.07) is 12.6. The normalized spacial score (nSPS) is 18.3. The Labute approximate surface area is 126 Å². The van der Waals surface area contributed by atoms with Gasteiger partial charge in [-0.3, -0.25) is 9.59 Å². The molecule has 0 radical (unpaired) electrons. The van der Waals surface area contributed by atoms with Crippen LogP contribution in [0.15, 0.2) is 48.5 Å². The first-order valence-electron chi connectivity index (χ1n) is 6.73. The lowest BCUT2D eigenvalue weighted by molar-refractivity contribution is -0.991. The lowest BCUT2D eigenvalue weighted by Gasteiger charge is -2.22. The Morgan fingerprint density at radius 2 is 1.86 bits per heavy atom. The molecule has 0 fully saturated rings. The molecule has 1 aliphatic heterocycles. The molecule has 0 spiro atoms. The molecule has 0 aliphatic carbocycles. The summed E-state index contributed by atoms with van der Waals surface area (Å²) in [4.78, 5) is 24.5. The maximum absolute atomic E-state index is 12.5. The van der Waals surface area contributed by atoms with Crippen molar-refractivity contribution in [2.75, 3.05) is 0 Å². The van der Waals surface area contributed by atoms with Gasteiger partial charge in [0.25, 0.3) is 0 Å². The van der Waals surface area contributed by atoms with Gasteiger partial charge in [-0.15, -0.1) is 0 Å². The van der Waals surface area contributed by atoms with E-state index < -0.39 is 17.1 Å². The minimum Gasteiger partial charge on any atom is -0.595 e. The average Bonchev–Trinajstić information content (AvgIpc) is 2.53. The van der Waals surface area contributed by atoms with Crippen LogP contribution in [0.4, 0.5) is 5.69 Å². The van der Waals surface area contributed by atoms with Crippen LogP contribution < -0.4 is 9.96 Å². The van der Waals surface area contributed by atoms with E-state index in [1.54, 1.807) is 12.1 Å². The Morgan fingerprint density at radius 3 is 2.55 bits per heavy atom. The third-order valence-electron chi connectivity index (χ3n) is 3.62. The van der Waals surface area contributed by atoms with Gasteiger partial charge < -0.3 is 9.94 Å². The van der Waals surface area contributed by atoms with E-state index in [4.69, 9.17) is 9.94 Å². The van der Waals surface area contributed by atoms with E-state index in [0.29, 0.717) is 11.3 Å². The molecule has 0 saturated carbocycles. The molecule has 22 heavy (non-hydrogen) atoms. The maximum atomic E-state index is 12.5. The SMILES string of the molecule is O=C1Oc2ccccc2CC1C(=O)c1ccc([NH+]([O-])O)cc1. The molecule has 112 valence electrons. The molecule has 0 saturated heterocycles. The smallest absolute Gasteiger partial charge is 0.322 e. The first kappa shape index (κ1) is 14.4. The molecule has 2 unspecified atom stereocenters. The fraction of sp³-hybridized carbons (Fsp3) is 0.125. The number of para-hydroxylation sites is 1. The van der Waals surface area contributed by atoms with Crippen LogP contribution in [0.1, 0.15) is 15.9 Å². The molecular weight excluding hydrogens is 286 g/mol. The zero-order chi connectivity index (χ0) is 15.7. The number of carbonyl (C=O) groups excluding carboxylic acids is 2. The zero-order valence-corrected chi connectivity index (χ0v) is 11.5. The summed E-state index contributed by atoms with van der Waals surface area (Å²) in [7, 11) is 0. The number of rotatable bonds is 3. The molecule has 1 heterocycles. The molecule has 2 aromatic rings. The van der Waals surface area contributed by atoms with Crippen molar-refractivity contribution in [1.82, 2.24) is 0 Å². The second-order valence-electron chi connectivity index (χ2n) is 5.03. The first-order valence-corrected chi connectivity index (χ1v) is 6.73. The second kappa shape index (κ2) is 5.69. The van der Waals surface area contributed by atoms with E-state index in [-0.39, 0.29) is 17.9 Å². The summed E-state index contributed by atoms with van der Waals surface area (Å²) < 4.78 is 5.20. The van der Waals surface area contributed by atoms with E-state index in [1.807, 2.05) is 12.1 Å². The number of benzene rings is 2. The lowest BCUT2D eigenvalue weighted by atomic mass is 9.89. The predicted octanol–water partition coefficient (Wildman–Crippen LogP) is 1.05. The highest BCUT2D eigenvalue weighted by Crippen LogP contribution is 2.29. The van der Waals surface area contributed by atoms with Crippen molar-refractivity contribution in [3.05, 3.63) is 64.9 Å². The molecule has 0 bridgehead atoms. The number of Topliss-reactive ketones (excluding diaryl/α,β-unsaturated/α-hetero) is 1. The molecule has 2 N–H and O–H groups in total. The van der Waals surface area contributed by atoms with Gasteiger partial charge in [0.15, 0.2) is 11.5 Å². The van der Waals surface area contributed by atoms with Gasteiger partial charge in [0, 0.05) is 17.7 Å². The van der Waals surface area contributed by atoms with Crippen LogP contribution in [0.2, 0.25) is 0 Å². The van der Waals surface area contributed by atoms with Gasteiger partial charge in [-0.2, -0.15) is 5.23 Å². The highest BCUT2D eigenvalue weighted by Gasteiger charge is 2.34. The third kappa shape index (κ3) is 2.62. The quantitative estimate of drug-likeness (QED) is 0.291. The largest absolute Gasteiger partial charge is 0.595 e. The average molecular weight is 299 g/mol. The van der Waals surface area contributed by atoms with Crippen molar-refractivity contribution in [2.45, 2.75) is 6.42 Å². The summed E-state index contributed by atoms with van der Waals surface area (Å²) in [6.45, 7) is 0. The van der Waals surface area contributed by atoms with Crippen molar-refractivity contribution in [1.29, 1.82) is 0 Å². The Balaban J connectivity index is 1.85. The van der Waals surface area contributed by atoms with E-state index in [0.717, 1.165) is 5.56 Å². The van der Waals surface area contributed by atoms with Crippen molar-refractivity contribution in [3.8, 4) is 5.75 Å². The highest BCUT2D eigenvalue weighted by atomic mass is 16.8. The summed E-state index contributed by atoms with van der Waals surface area (Å²) in [6.07, 6.45) is 0.286. The number of carbonyl (C=O) groups is 2. The number of quaternary nitrogens is 1. The number of nitrogens with one attached hydrogen (secondary N) is 1. The number of ketones is 1. The van der Waals surface area contributed by atoms with Gasteiger partial charge in [-0.1, -0.05) is 18.2 Å². The first-order chi connectivity index (χ1) is 10.6. The molecular formula is C16H13NO5. The van der Waals surface area contributed by atoms with E-state index in [9.17, 15) is 14.8 Å². The van der Waals surface area contributed by atoms with Crippen molar-refractivity contribution < 1.29 is 24.8 Å². The number of hydrogen-bond donors (Lipinski definition) is 2. The molecule has 0 aromatic heterocycles. The lowest BCUT2D eigenvalue weighted by Crippen LogP contribution is -2.99. The van der Waals surface area contributed by atoms with Crippen LogP contribution >= 0.6 is 0 Å². The van der Waals surface area contributed by atoms with E-state index >= 15 is 0 Å². The van der Waals surface area contributed by atoms with E-state index in [1.165, 1.54) is 24.3 Å². The standard InChI is InChI=1S/C16H13NO5/c18-15(10-5-7-12(8-6-10)17(20)21)13-9-11-3-1-2-4-14(11)22-16(13)19/h1-8,13,17,20H,9H2. The molecule has 6 heteroatoms. The molecule has 1 aliphatic rings. The van der Waals surface area contributed by atoms with Gasteiger partial charge in [0.05, 0.1) is 0 Å². The van der Waals surface area contributed by atoms with Crippen LogP contribution in [-0.4, -0.2) is 17.0 Å². The van der Waals surface area contributed by atoms with Crippen molar-refractivity contribution in [3.63, 3.8) is 0 Å². The molecule has 2 aromatic carbocycles. The maximum Gasteiger partial charge on any atom is 0.322 e. The van der Waals surface area contributed by atoms with Gasteiger partial charge in [0.1, 0.15) is 11.7 Å². The topological polar surface area (TPSA) is 91.1 Å².